The van der Waals surface area contributed by atoms with Crippen LogP contribution in [0.15, 0.2) is 39.4 Å². The number of benzene rings is 1. The predicted molar refractivity (Wildman–Crippen MR) is 92.0 cm³/mol. The zero-order chi connectivity index (χ0) is 16.2. The molecule has 2 heterocycles. The molecule has 1 unspecified atom stereocenters. The van der Waals surface area contributed by atoms with Crippen molar-refractivity contribution in [3.8, 4) is 11.3 Å². The smallest absolute Gasteiger partial charge is 0.223 e. The summed E-state index contributed by atoms with van der Waals surface area (Å²) >= 11 is 3.51. The summed E-state index contributed by atoms with van der Waals surface area (Å²) in [5.74, 6) is 1.49. The van der Waals surface area contributed by atoms with E-state index in [0.29, 0.717) is 24.8 Å². The van der Waals surface area contributed by atoms with Crippen LogP contribution in [0, 0.1) is 0 Å². The number of aryl methyl sites for hydroxylation is 1. The molecule has 3 rings (SSSR count). The maximum Gasteiger partial charge on any atom is 0.223 e. The Morgan fingerprint density at radius 1 is 1.48 bits per heavy atom. The Bertz CT molecular complexity index is 686. The van der Waals surface area contributed by atoms with Crippen molar-refractivity contribution in [2.45, 2.75) is 25.8 Å². The zero-order valence-corrected chi connectivity index (χ0v) is 14.7. The van der Waals surface area contributed by atoms with Gasteiger partial charge in [-0.3, -0.25) is 4.79 Å². The molecule has 0 bridgehead atoms. The molecule has 1 N–H and O–H groups in total. The van der Waals surface area contributed by atoms with Gasteiger partial charge in [0.25, 0.3) is 0 Å². The molecule has 1 atom stereocenters. The molecule has 1 amide bonds. The summed E-state index contributed by atoms with van der Waals surface area (Å²) < 4.78 is 6.75. The molecule has 6 heteroatoms. The van der Waals surface area contributed by atoms with Gasteiger partial charge in [0.15, 0.2) is 11.7 Å². The highest BCUT2D eigenvalue weighted by Crippen LogP contribution is 2.28. The topological polar surface area (TPSA) is 58.4 Å². The van der Waals surface area contributed by atoms with Crippen molar-refractivity contribution in [3.05, 3.63) is 40.8 Å². The van der Waals surface area contributed by atoms with Gasteiger partial charge in [0.2, 0.25) is 5.91 Å². The molecule has 5 nitrogen and oxygen atoms in total. The number of hydrogen-bond acceptors (Lipinski definition) is 4. The SMILES string of the molecule is CC1CN(C(=O)CCc2ncc(-c3ccccc3Br)o2)CCN1. The van der Waals surface area contributed by atoms with Crippen LogP contribution in [-0.4, -0.2) is 41.5 Å². The van der Waals surface area contributed by atoms with Crippen LogP contribution in [0.2, 0.25) is 0 Å². The first-order chi connectivity index (χ1) is 11.1. The van der Waals surface area contributed by atoms with Gasteiger partial charge in [-0.15, -0.1) is 0 Å². The number of nitrogens with zero attached hydrogens (tertiary/aromatic N) is 2. The number of halogens is 1. The summed E-state index contributed by atoms with van der Waals surface area (Å²) in [6, 6.07) is 8.21. The fourth-order valence-electron chi connectivity index (χ4n) is 2.74. The van der Waals surface area contributed by atoms with Gasteiger partial charge in [-0.2, -0.15) is 0 Å². The van der Waals surface area contributed by atoms with E-state index in [4.69, 9.17) is 4.42 Å². The van der Waals surface area contributed by atoms with Crippen LogP contribution in [0.5, 0.6) is 0 Å². The van der Waals surface area contributed by atoms with Crippen molar-refractivity contribution >= 4 is 21.8 Å². The molecule has 1 saturated heterocycles. The van der Waals surface area contributed by atoms with Crippen LogP contribution in [0.1, 0.15) is 19.2 Å². The predicted octanol–water partition coefficient (Wildman–Crippen LogP) is 2.86. The summed E-state index contributed by atoms with van der Waals surface area (Å²) in [6.07, 6.45) is 2.68. The Morgan fingerprint density at radius 2 is 2.30 bits per heavy atom. The fourth-order valence-corrected chi connectivity index (χ4v) is 3.22. The van der Waals surface area contributed by atoms with Gasteiger partial charge in [-0.05, 0) is 13.0 Å². The van der Waals surface area contributed by atoms with E-state index in [1.165, 1.54) is 0 Å². The second-order valence-electron chi connectivity index (χ2n) is 5.79. The van der Waals surface area contributed by atoms with Gasteiger partial charge in [-0.25, -0.2) is 4.98 Å². The van der Waals surface area contributed by atoms with E-state index in [1.54, 1.807) is 6.20 Å². The van der Waals surface area contributed by atoms with Gasteiger partial charge in [0.1, 0.15) is 0 Å². The van der Waals surface area contributed by atoms with Crippen molar-refractivity contribution in [1.82, 2.24) is 15.2 Å². The van der Waals surface area contributed by atoms with Crippen LogP contribution in [0.4, 0.5) is 0 Å². The molecule has 1 aliphatic rings. The highest BCUT2D eigenvalue weighted by molar-refractivity contribution is 9.10. The zero-order valence-electron chi connectivity index (χ0n) is 13.1. The number of carbonyl (C=O) groups is 1. The second kappa shape index (κ2) is 7.27. The van der Waals surface area contributed by atoms with E-state index in [0.717, 1.165) is 35.4 Å². The summed E-state index contributed by atoms with van der Waals surface area (Å²) in [5.41, 5.74) is 0.966. The van der Waals surface area contributed by atoms with Crippen LogP contribution >= 0.6 is 15.9 Å². The van der Waals surface area contributed by atoms with Gasteiger partial charge in [0, 0.05) is 48.6 Å². The summed E-state index contributed by atoms with van der Waals surface area (Å²) in [6.45, 7) is 4.50. The number of rotatable bonds is 4. The number of hydrogen-bond donors (Lipinski definition) is 1. The van der Waals surface area contributed by atoms with Gasteiger partial charge in [0.05, 0.1) is 6.20 Å². The highest BCUT2D eigenvalue weighted by Gasteiger charge is 2.20. The Kier molecular flexibility index (Phi) is 5.13. The van der Waals surface area contributed by atoms with E-state index in [-0.39, 0.29) is 5.91 Å². The quantitative estimate of drug-likeness (QED) is 0.889. The van der Waals surface area contributed by atoms with Crippen LogP contribution in [0.25, 0.3) is 11.3 Å². The Hall–Kier alpha value is -1.66. The van der Waals surface area contributed by atoms with Gasteiger partial charge in [-0.1, -0.05) is 34.1 Å². The maximum atomic E-state index is 12.3. The third kappa shape index (κ3) is 4.00. The molecule has 0 saturated carbocycles. The van der Waals surface area contributed by atoms with Gasteiger partial charge >= 0.3 is 0 Å². The van der Waals surface area contributed by atoms with Crippen LogP contribution < -0.4 is 5.32 Å². The number of oxazole rings is 1. The van der Waals surface area contributed by atoms with Gasteiger partial charge < -0.3 is 14.6 Å². The number of amides is 1. The third-order valence-corrected chi connectivity index (χ3v) is 4.66. The molecular weight excluding hydrogens is 358 g/mol. The van der Waals surface area contributed by atoms with Crippen molar-refractivity contribution in [3.63, 3.8) is 0 Å². The average Bonchev–Trinajstić information content (AvgIpc) is 3.02. The van der Waals surface area contributed by atoms with Crippen molar-refractivity contribution in [2.24, 2.45) is 0 Å². The summed E-state index contributed by atoms with van der Waals surface area (Å²) in [4.78, 5) is 18.5. The van der Waals surface area contributed by atoms with E-state index in [9.17, 15) is 4.79 Å². The molecule has 2 aromatic rings. The molecule has 1 fully saturated rings. The number of aromatic nitrogens is 1. The monoisotopic (exact) mass is 377 g/mol. The molecule has 1 aromatic heterocycles. The molecule has 0 aliphatic carbocycles. The molecular formula is C17H20BrN3O2. The molecule has 1 aromatic carbocycles. The lowest BCUT2D eigenvalue weighted by Crippen LogP contribution is -2.51. The average molecular weight is 378 g/mol. The van der Waals surface area contributed by atoms with Crippen LogP contribution in [0.3, 0.4) is 0 Å². The molecule has 23 heavy (non-hydrogen) atoms. The van der Waals surface area contributed by atoms with E-state index in [1.807, 2.05) is 29.2 Å². The lowest BCUT2D eigenvalue weighted by Gasteiger charge is -2.31. The second-order valence-corrected chi connectivity index (χ2v) is 6.65. The lowest BCUT2D eigenvalue weighted by molar-refractivity contribution is -0.132. The highest BCUT2D eigenvalue weighted by atomic mass is 79.9. The lowest BCUT2D eigenvalue weighted by atomic mass is 10.2. The number of carbonyl (C=O) groups excluding carboxylic acids is 1. The molecule has 1 aliphatic heterocycles. The first-order valence-corrected chi connectivity index (χ1v) is 8.63. The summed E-state index contributed by atoms with van der Waals surface area (Å²) in [7, 11) is 0. The number of piperazine rings is 1. The Morgan fingerprint density at radius 3 is 3.09 bits per heavy atom. The minimum Gasteiger partial charge on any atom is -0.441 e. The van der Waals surface area contributed by atoms with E-state index < -0.39 is 0 Å². The first-order valence-electron chi connectivity index (χ1n) is 7.84. The molecule has 0 radical (unpaired) electrons. The van der Waals surface area contributed by atoms with Crippen molar-refractivity contribution in [1.29, 1.82) is 0 Å². The maximum absolute atomic E-state index is 12.3. The first kappa shape index (κ1) is 16.2. The number of nitrogens with one attached hydrogen (secondary N) is 1. The minimum atomic E-state index is 0.166. The fraction of sp³-hybridized carbons (Fsp3) is 0.412. The molecule has 0 spiro atoms. The summed E-state index contributed by atoms with van der Waals surface area (Å²) in [5, 5.41) is 3.34. The Labute approximate surface area is 144 Å². The molecule has 122 valence electrons. The van der Waals surface area contributed by atoms with E-state index in [2.05, 4.69) is 33.2 Å². The van der Waals surface area contributed by atoms with Crippen LogP contribution in [-0.2, 0) is 11.2 Å². The standard InChI is InChI=1S/C17H20BrN3O2/c1-12-11-21(9-8-19-12)17(22)7-6-16-20-10-15(23-16)13-4-2-3-5-14(13)18/h2-5,10,12,19H,6-9,11H2,1H3. The van der Waals surface area contributed by atoms with Crippen molar-refractivity contribution in [2.75, 3.05) is 19.6 Å². The van der Waals surface area contributed by atoms with Crippen molar-refractivity contribution < 1.29 is 9.21 Å². The third-order valence-electron chi connectivity index (χ3n) is 3.97. The largest absolute Gasteiger partial charge is 0.441 e. The normalized spacial score (nSPS) is 18.2. The minimum absolute atomic E-state index is 0.166. The Balaban J connectivity index is 1.59. The van der Waals surface area contributed by atoms with E-state index >= 15 is 0 Å².